The highest BCUT2D eigenvalue weighted by Crippen LogP contribution is 2.47. The second kappa shape index (κ2) is 6.31. The molecule has 2 aromatic rings. The molecule has 0 heterocycles. The van der Waals surface area contributed by atoms with E-state index in [1.165, 1.54) is 0 Å². The van der Waals surface area contributed by atoms with Gasteiger partial charge in [0.2, 0.25) is 0 Å². The fourth-order valence-corrected chi connectivity index (χ4v) is 3.60. The van der Waals surface area contributed by atoms with Crippen molar-refractivity contribution in [2.75, 3.05) is 0 Å². The third kappa shape index (κ3) is 2.71. The zero-order chi connectivity index (χ0) is 19.3. The van der Waals surface area contributed by atoms with Crippen molar-refractivity contribution < 1.29 is 22.7 Å². The Morgan fingerprint density at radius 2 is 1.08 bits per heavy atom. The van der Waals surface area contributed by atoms with E-state index in [-0.39, 0.29) is 17.0 Å². The Morgan fingerprint density at radius 3 is 1.62 bits per heavy atom. The maximum absolute atomic E-state index is 14.0. The van der Waals surface area contributed by atoms with E-state index >= 15 is 0 Å². The highest BCUT2D eigenvalue weighted by Gasteiger charge is 2.30. The Hall–Kier alpha value is -2.56. The molecule has 0 unspecified atom stereocenters. The number of phenolic OH excluding ortho intramolecular Hbond substituents is 1. The summed E-state index contributed by atoms with van der Waals surface area (Å²) < 4.78 is 55.1. The molecule has 0 spiro atoms. The molecule has 1 aliphatic rings. The Morgan fingerprint density at radius 1 is 0.654 bits per heavy atom. The molecule has 0 saturated heterocycles. The van der Waals surface area contributed by atoms with Crippen molar-refractivity contribution in [2.45, 2.75) is 33.6 Å². The number of hydrogen-bond donors (Lipinski definition) is 1. The molecule has 1 N–H and O–H groups in total. The average molecular weight is 362 g/mol. The van der Waals surface area contributed by atoms with Gasteiger partial charge in [-0.05, 0) is 68.2 Å². The third-order valence-electron chi connectivity index (χ3n) is 5.34. The van der Waals surface area contributed by atoms with Gasteiger partial charge in [0.05, 0.1) is 0 Å². The van der Waals surface area contributed by atoms with Gasteiger partial charge in [0.25, 0.3) is 0 Å². The van der Waals surface area contributed by atoms with Gasteiger partial charge in [-0.25, -0.2) is 17.6 Å². The van der Waals surface area contributed by atoms with Crippen LogP contribution in [-0.4, -0.2) is 5.11 Å². The normalized spacial score (nSPS) is 15.4. The van der Waals surface area contributed by atoms with Crippen molar-refractivity contribution in [3.05, 3.63) is 75.4 Å². The van der Waals surface area contributed by atoms with Crippen LogP contribution < -0.4 is 0 Å². The van der Waals surface area contributed by atoms with Crippen LogP contribution in [0.5, 0.6) is 5.75 Å². The minimum Gasteiger partial charge on any atom is -0.507 e. The molecule has 1 aliphatic carbocycles. The Labute approximate surface area is 149 Å². The molecule has 5 heteroatoms. The molecule has 1 nitrogen and oxygen atoms in total. The zero-order valence-electron chi connectivity index (χ0n) is 14.8. The van der Waals surface area contributed by atoms with Crippen molar-refractivity contribution in [1.29, 1.82) is 0 Å². The highest BCUT2D eigenvalue weighted by atomic mass is 19.2. The number of rotatable bonds is 2. The summed E-state index contributed by atoms with van der Waals surface area (Å²) in [5.74, 6) is -5.41. The van der Waals surface area contributed by atoms with Gasteiger partial charge in [0.1, 0.15) is 5.75 Å². The summed E-state index contributed by atoms with van der Waals surface area (Å²) in [5, 5.41) is 10.1. The predicted octanol–water partition coefficient (Wildman–Crippen LogP) is 6.39. The Balaban J connectivity index is 2.33. The maximum Gasteiger partial charge on any atom is 0.162 e. The second-order valence-electron chi connectivity index (χ2n) is 6.69. The SMILES string of the molecule is CC1=C(C)C(c2cc(F)c(F)cc2-c2cc(F)c(F)cc2O)C(C)=C1C. The van der Waals surface area contributed by atoms with Crippen molar-refractivity contribution in [3.8, 4) is 16.9 Å². The number of aromatic hydroxyl groups is 1. The van der Waals surface area contributed by atoms with Crippen molar-refractivity contribution in [2.24, 2.45) is 0 Å². The lowest BCUT2D eigenvalue weighted by Crippen LogP contribution is -2.05. The van der Waals surface area contributed by atoms with Gasteiger partial charge in [-0.1, -0.05) is 11.1 Å². The van der Waals surface area contributed by atoms with Gasteiger partial charge in [-0.2, -0.15) is 0 Å². The van der Waals surface area contributed by atoms with Gasteiger partial charge in [-0.15, -0.1) is 0 Å². The van der Waals surface area contributed by atoms with Crippen LogP contribution in [0.15, 0.2) is 46.6 Å². The number of allylic oxidation sites excluding steroid dienone is 4. The number of hydrogen-bond acceptors (Lipinski definition) is 1. The van der Waals surface area contributed by atoms with Crippen LogP contribution in [0.25, 0.3) is 11.1 Å². The summed E-state index contributed by atoms with van der Waals surface area (Å²) in [7, 11) is 0. The van der Waals surface area contributed by atoms with Crippen LogP contribution in [-0.2, 0) is 0 Å². The lowest BCUT2D eigenvalue weighted by Gasteiger charge is -2.21. The summed E-state index contributed by atoms with van der Waals surface area (Å²) in [6, 6.07) is 3.41. The van der Waals surface area contributed by atoms with Gasteiger partial charge < -0.3 is 5.11 Å². The summed E-state index contributed by atoms with van der Waals surface area (Å²) in [6.07, 6.45) is 0. The van der Waals surface area contributed by atoms with E-state index in [4.69, 9.17) is 0 Å². The molecule has 3 rings (SSSR count). The molecule has 0 atom stereocenters. The first-order valence-corrected chi connectivity index (χ1v) is 8.15. The van der Waals surface area contributed by atoms with E-state index in [0.29, 0.717) is 11.6 Å². The van der Waals surface area contributed by atoms with Gasteiger partial charge in [0, 0.05) is 17.5 Å². The first-order valence-electron chi connectivity index (χ1n) is 8.15. The van der Waals surface area contributed by atoms with Crippen LogP contribution >= 0.6 is 0 Å². The molecule has 26 heavy (non-hydrogen) atoms. The molecule has 2 aromatic carbocycles. The standard InChI is InChI=1S/C21H18F4O/c1-9-10(2)12(4)21(11(9)3)15-7-18(24)16(22)5-13(15)14-6-17(23)19(25)8-20(14)26/h5-8,21,26H,1-4H3. The summed E-state index contributed by atoms with van der Waals surface area (Å²) in [4.78, 5) is 0. The first kappa shape index (κ1) is 18.2. The van der Waals surface area contributed by atoms with Crippen LogP contribution in [0.2, 0.25) is 0 Å². The molecule has 136 valence electrons. The smallest absolute Gasteiger partial charge is 0.162 e. The Kier molecular flexibility index (Phi) is 4.42. The van der Waals surface area contributed by atoms with E-state index < -0.39 is 29.0 Å². The van der Waals surface area contributed by atoms with Crippen molar-refractivity contribution >= 4 is 0 Å². The molecule has 0 aliphatic heterocycles. The van der Waals surface area contributed by atoms with Crippen LogP contribution in [0.3, 0.4) is 0 Å². The van der Waals surface area contributed by atoms with Crippen molar-refractivity contribution in [3.63, 3.8) is 0 Å². The van der Waals surface area contributed by atoms with Gasteiger partial charge in [0.15, 0.2) is 23.3 Å². The van der Waals surface area contributed by atoms with E-state index in [1.54, 1.807) is 0 Å². The maximum atomic E-state index is 14.0. The largest absolute Gasteiger partial charge is 0.507 e. The van der Waals surface area contributed by atoms with Gasteiger partial charge >= 0.3 is 0 Å². The molecule has 0 saturated carbocycles. The number of benzene rings is 2. The fourth-order valence-electron chi connectivity index (χ4n) is 3.60. The lowest BCUT2D eigenvalue weighted by molar-refractivity contribution is 0.456. The van der Waals surface area contributed by atoms with Gasteiger partial charge in [-0.3, -0.25) is 0 Å². The summed E-state index contributed by atoms with van der Waals surface area (Å²) in [5.41, 5.74) is 4.49. The van der Waals surface area contributed by atoms with Crippen LogP contribution in [0.1, 0.15) is 39.2 Å². The molecule has 0 radical (unpaired) electrons. The third-order valence-corrected chi connectivity index (χ3v) is 5.34. The van der Waals surface area contributed by atoms with Crippen LogP contribution in [0, 0.1) is 23.3 Å². The van der Waals surface area contributed by atoms with E-state index in [0.717, 1.165) is 40.5 Å². The molecule has 0 bridgehead atoms. The first-order chi connectivity index (χ1) is 12.1. The number of phenols is 1. The quantitative estimate of drug-likeness (QED) is 0.614. The molecule has 0 amide bonds. The van der Waals surface area contributed by atoms with Crippen molar-refractivity contribution in [1.82, 2.24) is 0 Å². The minimum absolute atomic E-state index is 0.0828. The monoisotopic (exact) mass is 362 g/mol. The Bertz CT molecular complexity index is 962. The minimum atomic E-state index is -1.21. The zero-order valence-corrected chi connectivity index (χ0v) is 14.8. The molecule has 0 fully saturated rings. The molecular formula is C21H18F4O. The number of halogens is 4. The lowest BCUT2D eigenvalue weighted by atomic mass is 9.83. The van der Waals surface area contributed by atoms with E-state index in [1.807, 2.05) is 27.7 Å². The molecular weight excluding hydrogens is 344 g/mol. The average Bonchev–Trinajstić information content (AvgIpc) is 2.77. The summed E-state index contributed by atoms with van der Waals surface area (Å²) in [6.45, 7) is 7.69. The fraction of sp³-hybridized carbons (Fsp3) is 0.238. The van der Waals surface area contributed by atoms with E-state index in [2.05, 4.69) is 0 Å². The topological polar surface area (TPSA) is 20.2 Å². The summed E-state index contributed by atoms with van der Waals surface area (Å²) >= 11 is 0. The predicted molar refractivity (Wildman–Crippen MR) is 92.9 cm³/mol. The highest BCUT2D eigenvalue weighted by molar-refractivity contribution is 5.76. The van der Waals surface area contributed by atoms with Crippen LogP contribution in [0.4, 0.5) is 17.6 Å². The molecule has 0 aromatic heterocycles. The van der Waals surface area contributed by atoms with E-state index in [9.17, 15) is 22.7 Å². The second-order valence-corrected chi connectivity index (χ2v) is 6.69.